The molecule has 1 aliphatic rings. The van der Waals surface area contributed by atoms with Gasteiger partial charge in [0.25, 0.3) is 0 Å². The van der Waals surface area contributed by atoms with Gasteiger partial charge in [-0.1, -0.05) is 144 Å². The molecule has 0 aliphatic heterocycles. The van der Waals surface area contributed by atoms with E-state index in [0.717, 1.165) is 70.6 Å². The van der Waals surface area contributed by atoms with Gasteiger partial charge in [-0.3, -0.25) is 18.6 Å². The lowest BCUT2D eigenvalue weighted by molar-refractivity contribution is -0.220. The maximum atomic E-state index is 12.8. The third-order valence-corrected chi connectivity index (χ3v) is 11.0. The summed E-state index contributed by atoms with van der Waals surface area (Å²) in [5, 5.41) is 50.1. The van der Waals surface area contributed by atoms with E-state index in [4.69, 9.17) is 18.5 Å². The summed E-state index contributed by atoms with van der Waals surface area (Å²) in [4.78, 5) is 35.6. The molecule has 354 valence electrons. The highest BCUT2D eigenvalue weighted by Crippen LogP contribution is 2.47. The van der Waals surface area contributed by atoms with E-state index in [1.165, 1.54) is 32.1 Å². The van der Waals surface area contributed by atoms with Crippen LogP contribution in [0.2, 0.25) is 0 Å². The molecule has 0 amide bonds. The third-order valence-electron chi connectivity index (χ3n) is 9.98. The molecule has 1 rings (SSSR count). The standard InChI is InChI=1S/C48H79O13P/c1-3-5-7-9-11-13-15-17-19-20-21-22-23-25-27-29-31-33-35-37-42(50)60-40(39-59-62(56,57)61-48-46(54)44(52)43(51)45(53)47(48)55)38-58-41(49)36-34-32-30-28-26-24-18-16-14-12-10-8-6-4-2/h5,7,11,13,16-19,21-22,25,27,31,33,40,43-48,51-55H,3-4,6,8-10,12,14-15,20,23-24,26,28-30,32,34-39H2,1-2H3,(H,56,57)/b7-5-,13-11-,18-16-,19-17-,22-21-,27-25-,33-31-. The molecular formula is C48H79O13P. The first-order valence-corrected chi connectivity index (χ1v) is 24.4. The van der Waals surface area contributed by atoms with Crippen molar-refractivity contribution in [2.75, 3.05) is 13.2 Å². The molecular weight excluding hydrogens is 815 g/mol. The monoisotopic (exact) mass is 895 g/mol. The number of rotatable bonds is 36. The number of allylic oxidation sites excluding steroid dienone is 14. The quantitative estimate of drug-likeness (QED) is 0.0150. The molecule has 1 saturated carbocycles. The van der Waals surface area contributed by atoms with Gasteiger partial charge in [-0.05, 0) is 77.0 Å². The van der Waals surface area contributed by atoms with Crippen molar-refractivity contribution < 1.29 is 63.1 Å². The Morgan fingerprint density at radius 3 is 1.47 bits per heavy atom. The van der Waals surface area contributed by atoms with Gasteiger partial charge in [-0.2, -0.15) is 0 Å². The fourth-order valence-electron chi connectivity index (χ4n) is 6.31. The summed E-state index contributed by atoms with van der Waals surface area (Å²) in [7, 11) is -5.14. The van der Waals surface area contributed by atoms with Gasteiger partial charge in [0.05, 0.1) is 6.61 Å². The van der Waals surface area contributed by atoms with E-state index in [1.54, 1.807) is 0 Å². The summed E-state index contributed by atoms with van der Waals surface area (Å²) < 4.78 is 33.4. The lowest BCUT2D eigenvalue weighted by Gasteiger charge is -2.41. The Labute approximate surface area is 371 Å². The first kappa shape index (κ1) is 57.0. The minimum absolute atomic E-state index is 0.0344. The molecule has 62 heavy (non-hydrogen) atoms. The number of hydrogen-bond donors (Lipinski definition) is 6. The number of unbranched alkanes of at least 4 members (excludes halogenated alkanes) is 10. The highest BCUT2D eigenvalue weighted by atomic mass is 31.2. The van der Waals surface area contributed by atoms with Crippen molar-refractivity contribution in [1.29, 1.82) is 0 Å². The van der Waals surface area contributed by atoms with Crippen molar-refractivity contribution in [2.24, 2.45) is 0 Å². The number of esters is 2. The van der Waals surface area contributed by atoms with E-state index in [1.807, 2.05) is 18.2 Å². The predicted molar refractivity (Wildman–Crippen MR) is 244 cm³/mol. The van der Waals surface area contributed by atoms with Crippen LogP contribution in [-0.2, 0) is 32.7 Å². The predicted octanol–water partition coefficient (Wildman–Crippen LogP) is 8.89. The molecule has 0 aromatic heterocycles. The zero-order valence-corrected chi connectivity index (χ0v) is 38.3. The Hall–Kier alpha value is -2.97. The van der Waals surface area contributed by atoms with Crippen LogP contribution in [0.25, 0.3) is 0 Å². The molecule has 0 radical (unpaired) electrons. The van der Waals surface area contributed by atoms with Crippen LogP contribution >= 0.6 is 7.82 Å². The lowest BCUT2D eigenvalue weighted by Crippen LogP contribution is -2.64. The number of aliphatic hydroxyl groups is 5. The highest BCUT2D eigenvalue weighted by Gasteiger charge is 2.51. The van der Waals surface area contributed by atoms with Gasteiger partial charge in [0.15, 0.2) is 6.10 Å². The maximum Gasteiger partial charge on any atom is 0.472 e. The average Bonchev–Trinajstić information content (AvgIpc) is 3.25. The van der Waals surface area contributed by atoms with E-state index in [0.29, 0.717) is 19.3 Å². The molecule has 13 nitrogen and oxygen atoms in total. The highest BCUT2D eigenvalue weighted by molar-refractivity contribution is 7.47. The molecule has 0 heterocycles. The lowest BCUT2D eigenvalue weighted by atomic mass is 9.85. The number of phosphoric acid groups is 1. The minimum atomic E-state index is -5.14. The number of phosphoric ester groups is 1. The van der Waals surface area contributed by atoms with Crippen LogP contribution in [0, 0.1) is 0 Å². The maximum absolute atomic E-state index is 12.8. The van der Waals surface area contributed by atoms with Crippen molar-refractivity contribution >= 4 is 19.8 Å². The van der Waals surface area contributed by atoms with Gasteiger partial charge in [-0.15, -0.1) is 0 Å². The van der Waals surface area contributed by atoms with Crippen molar-refractivity contribution in [3.63, 3.8) is 0 Å². The van der Waals surface area contributed by atoms with Gasteiger partial charge >= 0.3 is 19.8 Å². The van der Waals surface area contributed by atoms with Crippen LogP contribution in [0.4, 0.5) is 0 Å². The topological polar surface area (TPSA) is 210 Å². The van der Waals surface area contributed by atoms with Crippen LogP contribution in [0.1, 0.15) is 149 Å². The summed E-state index contributed by atoms with van der Waals surface area (Å²) in [6, 6.07) is 0. The molecule has 1 aliphatic carbocycles. The van der Waals surface area contributed by atoms with E-state index in [2.05, 4.69) is 80.7 Å². The second kappa shape index (κ2) is 37.4. The molecule has 0 saturated heterocycles. The van der Waals surface area contributed by atoms with Crippen molar-refractivity contribution in [2.45, 2.75) is 191 Å². The molecule has 0 bridgehead atoms. The third kappa shape index (κ3) is 29.4. The van der Waals surface area contributed by atoms with Gasteiger partial charge in [0.1, 0.15) is 43.2 Å². The molecule has 6 atom stereocenters. The van der Waals surface area contributed by atoms with Crippen LogP contribution in [-0.4, -0.2) is 98.3 Å². The van der Waals surface area contributed by atoms with Gasteiger partial charge in [-0.25, -0.2) is 4.57 Å². The fourth-order valence-corrected chi connectivity index (χ4v) is 7.28. The summed E-state index contributed by atoms with van der Waals surface area (Å²) >= 11 is 0. The van der Waals surface area contributed by atoms with Gasteiger partial charge < -0.3 is 39.9 Å². The summed E-state index contributed by atoms with van der Waals surface area (Å²) in [6.45, 7) is 3.09. The fraction of sp³-hybridized carbons (Fsp3) is 0.667. The second-order valence-corrected chi connectivity index (χ2v) is 16.9. The zero-order chi connectivity index (χ0) is 45.7. The average molecular weight is 895 g/mol. The van der Waals surface area contributed by atoms with Crippen LogP contribution in [0.15, 0.2) is 85.1 Å². The summed E-state index contributed by atoms with van der Waals surface area (Å²) in [6.07, 6.45) is 35.1. The molecule has 14 heteroatoms. The zero-order valence-electron chi connectivity index (χ0n) is 37.4. The van der Waals surface area contributed by atoms with Gasteiger partial charge in [0, 0.05) is 12.8 Å². The van der Waals surface area contributed by atoms with Crippen LogP contribution < -0.4 is 0 Å². The SMILES string of the molecule is CC/C=C\C/C=C\C/C=C\C/C=C\C/C=C\C/C=C\CCC(=O)OC(COC(=O)CCCCCCC/C=C\CCCCCCC)COP(=O)(O)OC1C(O)C(O)C(O)C(O)C1O. The van der Waals surface area contributed by atoms with Gasteiger partial charge in [0.2, 0.25) is 0 Å². The number of ether oxygens (including phenoxy) is 2. The Morgan fingerprint density at radius 2 is 0.952 bits per heavy atom. The Bertz CT molecular complexity index is 1400. The second-order valence-electron chi connectivity index (χ2n) is 15.5. The number of carbonyl (C=O) groups is 2. The van der Waals surface area contributed by atoms with Crippen molar-refractivity contribution in [3.8, 4) is 0 Å². The number of aliphatic hydroxyl groups excluding tert-OH is 5. The normalized spacial score (nSPS) is 22.6. The molecule has 1 fully saturated rings. The minimum Gasteiger partial charge on any atom is -0.462 e. The summed E-state index contributed by atoms with van der Waals surface area (Å²) in [5.74, 6) is -1.22. The smallest absolute Gasteiger partial charge is 0.462 e. The number of carbonyl (C=O) groups excluding carboxylic acids is 2. The Kier molecular flexibility index (Phi) is 34.4. The van der Waals surface area contributed by atoms with Crippen molar-refractivity contribution in [3.05, 3.63) is 85.1 Å². The van der Waals surface area contributed by atoms with E-state index in [-0.39, 0.29) is 12.8 Å². The van der Waals surface area contributed by atoms with E-state index >= 15 is 0 Å². The molecule has 6 unspecified atom stereocenters. The van der Waals surface area contributed by atoms with Crippen LogP contribution in [0.5, 0.6) is 0 Å². The van der Waals surface area contributed by atoms with E-state index in [9.17, 15) is 44.6 Å². The first-order chi connectivity index (χ1) is 29.9. The number of hydrogen-bond acceptors (Lipinski definition) is 12. The largest absolute Gasteiger partial charge is 0.472 e. The van der Waals surface area contributed by atoms with E-state index < -0.39 is 75.7 Å². The Balaban J connectivity index is 2.54. The van der Waals surface area contributed by atoms with Crippen LogP contribution in [0.3, 0.4) is 0 Å². The molecule has 0 spiro atoms. The van der Waals surface area contributed by atoms with Crippen molar-refractivity contribution in [1.82, 2.24) is 0 Å². The molecule has 0 aromatic rings. The Morgan fingerprint density at radius 1 is 0.516 bits per heavy atom. The molecule has 0 aromatic carbocycles. The summed E-state index contributed by atoms with van der Waals surface area (Å²) in [5.41, 5.74) is 0. The molecule has 6 N–H and O–H groups in total. The first-order valence-electron chi connectivity index (χ1n) is 22.9.